The molecule has 1 unspecified atom stereocenters. The lowest BCUT2D eigenvalue weighted by molar-refractivity contribution is -0.121. The number of carbonyl (C=O) groups excluding carboxylic acids is 3. The van der Waals surface area contributed by atoms with E-state index in [1.54, 1.807) is 63.8 Å². The summed E-state index contributed by atoms with van der Waals surface area (Å²) in [5, 5.41) is 6.44. The maximum absolute atomic E-state index is 13.9. The van der Waals surface area contributed by atoms with E-state index >= 15 is 0 Å². The minimum Gasteiger partial charge on any atom is -0.495 e. The van der Waals surface area contributed by atoms with Gasteiger partial charge in [0.15, 0.2) is 0 Å². The molecule has 4 saturated heterocycles. The Balaban J connectivity index is 0.000000109. The first kappa shape index (κ1) is 102. The van der Waals surface area contributed by atoms with Crippen molar-refractivity contribution in [1.29, 1.82) is 0 Å². The number of aryl methyl sites for hydroxylation is 2. The van der Waals surface area contributed by atoms with E-state index in [9.17, 15) is 36.3 Å². The van der Waals surface area contributed by atoms with Gasteiger partial charge < -0.3 is 62.9 Å². The van der Waals surface area contributed by atoms with Crippen LogP contribution in [0.15, 0.2) is 231 Å². The number of para-hydroxylation sites is 6. The van der Waals surface area contributed by atoms with E-state index in [1.807, 2.05) is 90.9 Å². The SMILES string of the molecule is COc1ccccc1N1CCN(C2CC=C(c3c[nH]c4ccc(F)cc34)CC2)CC1.COc1ccccc1N1CCN(C2CCC(=O)CC2)CC1.COc1ccccc1N1CCN(C2CCC(c3c[nH]c4ccc(F)cc34)CC2)CC1.Cn1cc(C2CCC(=O)CC2)c2cc(F)ccc21.Cn1cc(C2CCC(N3CCN(c4cccc5[nH]ccc45)CC3)CC2)c2cc(F)ccc21.O=C1CCC(c2c[nH]c3ccc(F)cc23)CC1. The van der Waals surface area contributed by atoms with E-state index in [2.05, 4.69) is 156 Å². The van der Waals surface area contributed by atoms with E-state index in [4.69, 9.17) is 14.2 Å². The zero-order chi connectivity index (χ0) is 102. The molecule has 25 rings (SSSR count). The Kier molecular flexibility index (Phi) is 32.7. The molecular weight excluding hydrogens is 1860 g/mol. The molecule has 4 aliphatic heterocycles. The fourth-order valence-electron chi connectivity index (χ4n) is 25.7. The molecule has 1 atom stereocenters. The molecule has 20 nitrogen and oxygen atoms in total. The number of H-pyrrole nitrogens is 4. The van der Waals surface area contributed by atoms with Crippen LogP contribution in [0.4, 0.5) is 44.7 Å². The van der Waals surface area contributed by atoms with E-state index in [1.165, 1.54) is 132 Å². The van der Waals surface area contributed by atoms with Gasteiger partial charge in [0.25, 0.3) is 0 Å². The largest absolute Gasteiger partial charge is 0.495 e. The molecule has 9 fully saturated rings. The summed E-state index contributed by atoms with van der Waals surface area (Å²) >= 11 is 0. The quantitative estimate of drug-likeness (QED) is 0.0672. The van der Waals surface area contributed by atoms with Crippen molar-refractivity contribution in [2.75, 3.05) is 146 Å². The Morgan fingerprint density at radius 2 is 0.608 bits per heavy atom. The van der Waals surface area contributed by atoms with E-state index in [0.29, 0.717) is 90.9 Å². The van der Waals surface area contributed by atoms with Gasteiger partial charge in [-0.1, -0.05) is 48.5 Å². The van der Waals surface area contributed by atoms with Gasteiger partial charge in [0, 0.05) is 295 Å². The van der Waals surface area contributed by atoms with E-state index in [0.717, 1.165) is 258 Å². The van der Waals surface area contributed by atoms with Crippen LogP contribution in [-0.4, -0.2) is 216 Å². The van der Waals surface area contributed by atoms with Crippen LogP contribution < -0.4 is 33.8 Å². The molecule has 5 saturated carbocycles. The summed E-state index contributed by atoms with van der Waals surface area (Å²) in [6, 6.07) is 61.1. The first-order valence-corrected chi connectivity index (χ1v) is 54.2. The van der Waals surface area contributed by atoms with Crippen LogP contribution >= 0.6 is 0 Å². The Hall–Kier alpha value is -12.9. The van der Waals surface area contributed by atoms with Gasteiger partial charge in [0.1, 0.15) is 63.7 Å². The highest BCUT2D eigenvalue weighted by atomic mass is 19.1. The number of rotatable bonds is 16. The number of hydrogen-bond donors (Lipinski definition) is 4. The Morgan fingerprint density at radius 3 is 1.02 bits per heavy atom. The van der Waals surface area contributed by atoms with Gasteiger partial charge in [0.2, 0.25) is 0 Å². The third kappa shape index (κ3) is 23.5. The predicted octanol–water partition coefficient (Wildman–Crippen LogP) is 25.3. The van der Waals surface area contributed by atoms with Crippen molar-refractivity contribution >= 4 is 111 Å². The maximum atomic E-state index is 13.9. The van der Waals surface area contributed by atoms with Crippen molar-refractivity contribution in [3.63, 3.8) is 0 Å². The van der Waals surface area contributed by atoms with Gasteiger partial charge in [-0.3, -0.25) is 34.0 Å². The van der Waals surface area contributed by atoms with Crippen LogP contribution in [-0.2, 0) is 28.5 Å². The van der Waals surface area contributed by atoms with Crippen LogP contribution in [0, 0.1) is 29.1 Å². The number of allylic oxidation sites excluding steroid dienone is 1. The maximum Gasteiger partial charge on any atom is 0.142 e. The summed E-state index contributed by atoms with van der Waals surface area (Å²) in [6.45, 7) is 17.2. The zero-order valence-corrected chi connectivity index (χ0v) is 86.4. The van der Waals surface area contributed by atoms with E-state index in [-0.39, 0.29) is 29.1 Å². The van der Waals surface area contributed by atoms with Crippen LogP contribution in [0.3, 0.4) is 0 Å². The highest BCUT2D eigenvalue weighted by molar-refractivity contribution is 5.95. The predicted molar refractivity (Wildman–Crippen MR) is 588 cm³/mol. The third-order valence-corrected chi connectivity index (χ3v) is 34.0. The lowest BCUT2D eigenvalue weighted by Gasteiger charge is -2.42. The molecular formula is C123H143F5N14O6. The number of aromatic amines is 4. The topological polar surface area (TPSA) is 178 Å². The number of methoxy groups -OCH3 is 3. The average Bonchev–Trinajstić information content (AvgIpc) is 1.61. The number of carbonyl (C=O) groups is 3. The standard InChI is InChI=1S/C27H31FN4.C25H30FN3O.C25H28FN3O.C17H24N2O2.C15H16FNO.C14H14FNO/c1-30-18-24(23-17-20(28)7-10-26(23)30)19-5-8-21(9-6-19)31-13-15-32(16-14-31)27-4-2-3-25-22(27)11-12-29-25;2*1-30-25-5-3-2-4-24(25)29-14-12-28(13-15-29)20-9-6-18(7-10-20)22-17-27-23-11-8-19(26)16-21(22)23;1-21-17-5-3-2-4-16(17)19-12-10-18(11-13-19)14-6-8-15(20)9-7-14;1-17-9-14(10-2-5-12(18)6-3-10)13-8-11(16)4-7-15(13)17;15-10-3-6-14-12(7-10)13(8-16-14)9-1-4-11(17)5-2-9/h2-4,7,10-12,17-19,21,29H,5-6,8-9,13-16H2,1H3;2-5,8,11,16-18,20,27H,6-7,9-10,12-15H2,1H3;2-6,8,11,16-17,20,27H,7,9-10,12-15H2,1H3;2-5,14H,6-13H2,1H3;4,7-10H,2-3,5-6H2,1H3;3,6-9,16H,1-2,4-5H2. The lowest BCUT2D eigenvalue weighted by Crippen LogP contribution is -2.51. The van der Waals surface area contributed by atoms with E-state index < -0.39 is 0 Å². The normalized spacial score (nSPS) is 21.0. The van der Waals surface area contributed by atoms with Crippen molar-refractivity contribution in [2.45, 2.75) is 196 Å². The molecule has 0 radical (unpaired) electrons. The third-order valence-electron chi connectivity index (χ3n) is 34.0. The molecule has 10 aliphatic rings. The molecule has 15 aromatic rings. The molecule has 25 heteroatoms. The molecule has 148 heavy (non-hydrogen) atoms. The number of halogens is 5. The average molecular weight is 2010 g/mol. The zero-order valence-electron chi connectivity index (χ0n) is 86.4. The van der Waals surface area contributed by atoms with Crippen molar-refractivity contribution in [1.82, 2.24) is 48.7 Å². The number of piperazine rings is 4. The first-order chi connectivity index (χ1) is 72.3. The second kappa shape index (κ2) is 47.3. The van der Waals surface area contributed by atoms with Crippen LogP contribution in [0.25, 0.3) is 71.0 Å². The number of nitrogens with zero attached hydrogens (tertiary/aromatic N) is 10. The minimum atomic E-state index is -0.203. The number of nitrogens with one attached hydrogen (secondary N) is 4. The number of hydrogen-bond acceptors (Lipinski definition) is 14. The fourth-order valence-corrected chi connectivity index (χ4v) is 25.7. The summed E-state index contributed by atoms with van der Waals surface area (Å²) in [6.07, 6.45) is 37.6. The smallest absolute Gasteiger partial charge is 0.142 e. The number of ketones is 3. The Morgan fingerprint density at radius 1 is 0.284 bits per heavy atom. The molecule has 10 heterocycles. The van der Waals surface area contributed by atoms with Crippen molar-refractivity contribution in [2.24, 2.45) is 14.1 Å². The molecule has 0 spiro atoms. The lowest BCUT2D eigenvalue weighted by atomic mass is 9.81. The molecule has 0 bridgehead atoms. The second-order valence-electron chi connectivity index (χ2n) is 42.4. The van der Waals surface area contributed by atoms with Gasteiger partial charge in [-0.25, -0.2) is 22.0 Å². The Bertz CT molecular complexity index is 7080. The van der Waals surface area contributed by atoms with Gasteiger partial charge >= 0.3 is 0 Å². The number of anilines is 4. The summed E-state index contributed by atoms with van der Waals surface area (Å²) in [5.74, 6) is 5.04. The molecule has 0 amide bonds. The van der Waals surface area contributed by atoms with Crippen LogP contribution in [0.1, 0.15) is 199 Å². The monoisotopic (exact) mass is 2010 g/mol. The Labute approximate surface area is 865 Å². The molecule has 6 aliphatic carbocycles. The van der Waals surface area contributed by atoms with Gasteiger partial charge in [-0.05, 0) is 306 Å². The van der Waals surface area contributed by atoms with Gasteiger partial charge in [0.05, 0.1) is 38.4 Å². The van der Waals surface area contributed by atoms with Crippen molar-refractivity contribution < 1.29 is 50.5 Å². The summed E-state index contributed by atoms with van der Waals surface area (Å²) < 4.78 is 88.7. The summed E-state index contributed by atoms with van der Waals surface area (Å²) in [4.78, 5) is 67.4. The fraction of sp³-hybridized carbons (Fsp3) is 0.423. The highest BCUT2D eigenvalue weighted by Gasteiger charge is 2.37. The first-order valence-electron chi connectivity index (χ1n) is 54.2. The second-order valence-corrected chi connectivity index (χ2v) is 42.4. The number of Topliss-reactive ketones (excluding diaryl/α,β-unsaturated/α-hetero) is 3. The van der Waals surface area contributed by atoms with Crippen LogP contribution in [0.5, 0.6) is 17.2 Å². The van der Waals surface area contributed by atoms with Crippen molar-refractivity contribution in [3.8, 4) is 17.2 Å². The summed E-state index contributed by atoms with van der Waals surface area (Å²) in [7, 11) is 9.27. The number of aromatic nitrogens is 6. The van der Waals surface area contributed by atoms with Crippen LogP contribution in [0.2, 0.25) is 0 Å². The van der Waals surface area contributed by atoms with Gasteiger partial charge in [-0.15, -0.1) is 0 Å². The molecule has 4 N–H and O–H groups in total. The van der Waals surface area contributed by atoms with Crippen molar-refractivity contribution in [3.05, 3.63) is 288 Å². The highest BCUT2D eigenvalue weighted by Crippen LogP contribution is 2.46. The van der Waals surface area contributed by atoms with Gasteiger partial charge in [-0.2, -0.15) is 0 Å². The number of benzene rings is 9. The molecule has 6 aromatic heterocycles. The number of ether oxygens (including phenoxy) is 3. The summed E-state index contributed by atoms with van der Waals surface area (Å²) in [5.41, 5.74) is 18.9. The molecule has 776 valence electrons. The molecule has 9 aromatic carbocycles. The number of fused-ring (bicyclic) bond motifs is 6. The minimum absolute atomic E-state index is 0.133.